The van der Waals surface area contributed by atoms with Crippen LogP contribution in [0.4, 0.5) is 0 Å². The molecule has 0 unspecified atom stereocenters. The number of hydrogen-bond donors (Lipinski definition) is 0. The molecule has 0 saturated heterocycles. The third kappa shape index (κ3) is 3.85. The van der Waals surface area contributed by atoms with Crippen LogP contribution in [0.3, 0.4) is 0 Å². The second kappa shape index (κ2) is 6.60. The molecule has 1 aromatic heterocycles. The Morgan fingerprint density at radius 1 is 1.40 bits per heavy atom. The molecular formula is C10H14ClIN2O. The Kier molecular flexibility index (Phi) is 5.78. The Hall–Kier alpha value is 0.0600. The zero-order chi connectivity index (χ0) is 11.3. The van der Waals surface area contributed by atoms with Gasteiger partial charge in [-0.05, 0) is 35.4 Å². The van der Waals surface area contributed by atoms with Crippen LogP contribution in [0.25, 0.3) is 0 Å². The molecule has 5 heteroatoms. The van der Waals surface area contributed by atoms with Crippen LogP contribution >= 0.6 is 34.2 Å². The number of halogens is 2. The number of hydrogen-bond acceptors (Lipinski definition) is 3. The van der Waals surface area contributed by atoms with Gasteiger partial charge in [-0.1, -0.05) is 18.5 Å². The highest BCUT2D eigenvalue weighted by Gasteiger charge is 2.08. The Morgan fingerprint density at radius 2 is 2.13 bits per heavy atom. The molecule has 0 aliphatic heterocycles. The summed E-state index contributed by atoms with van der Waals surface area (Å²) in [5, 5.41) is 0.565. The van der Waals surface area contributed by atoms with E-state index < -0.39 is 0 Å². The molecule has 0 aromatic carbocycles. The highest BCUT2D eigenvalue weighted by Crippen LogP contribution is 2.19. The van der Waals surface area contributed by atoms with Crippen molar-refractivity contribution in [1.82, 2.24) is 9.97 Å². The molecule has 1 aromatic rings. The summed E-state index contributed by atoms with van der Waals surface area (Å²) in [6.45, 7) is 2.80. The monoisotopic (exact) mass is 340 g/mol. The quantitative estimate of drug-likeness (QED) is 0.470. The zero-order valence-corrected chi connectivity index (χ0v) is 11.8. The van der Waals surface area contributed by atoms with E-state index in [4.69, 9.17) is 16.3 Å². The van der Waals surface area contributed by atoms with E-state index in [0.717, 1.165) is 41.0 Å². The smallest absolute Gasteiger partial charge is 0.146 e. The van der Waals surface area contributed by atoms with Gasteiger partial charge in [0.05, 0.1) is 9.26 Å². The SMILES string of the molecule is CCc1nc(CCCOC)nc(Cl)c1I. The highest BCUT2D eigenvalue weighted by atomic mass is 127. The minimum absolute atomic E-state index is 0.565. The van der Waals surface area contributed by atoms with Gasteiger partial charge in [0.15, 0.2) is 0 Å². The normalized spacial score (nSPS) is 10.7. The number of nitrogens with zero attached hydrogens (tertiary/aromatic N) is 2. The van der Waals surface area contributed by atoms with Crippen molar-refractivity contribution in [3.63, 3.8) is 0 Å². The first-order valence-corrected chi connectivity index (χ1v) is 6.34. The lowest BCUT2D eigenvalue weighted by molar-refractivity contribution is 0.194. The van der Waals surface area contributed by atoms with Crippen molar-refractivity contribution < 1.29 is 4.74 Å². The first kappa shape index (κ1) is 13.1. The highest BCUT2D eigenvalue weighted by molar-refractivity contribution is 14.1. The third-order valence-electron chi connectivity index (χ3n) is 2.01. The number of rotatable bonds is 5. The topological polar surface area (TPSA) is 35.0 Å². The molecule has 0 atom stereocenters. The van der Waals surface area contributed by atoms with Gasteiger partial charge in [-0.3, -0.25) is 0 Å². The van der Waals surface area contributed by atoms with Crippen molar-refractivity contribution in [2.24, 2.45) is 0 Å². The first-order valence-electron chi connectivity index (χ1n) is 4.88. The van der Waals surface area contributed by atoms with Crippen molar-refractivity contribution in [2.45, 2.75) is 26.2 Å². The van der Waals surface area contributed by atoms with Crippen LogP contribution in [0.5, 0.6) is 0 Å². The molecule has 0 fully saturated rings. The molecule has 0 spiro atoms. The van der Waals surface area contributed by atoms with Gasteiger partial charge in [0, 0.05) is 20.1 Å². The standard InChI is InChI=1S/C10H14ClIN2O/c1-3-7-9(12)10(11)14-8(13-7)5-4-6-15-2/h3-6H2,1-2H3. The van der Waals surface area contributed by atoms with Crippen molar-refractivity contribution in [3.05, 3.63) is 20.2 Å². The second-order valence-electron chi connectivity index (χ2n) is 3.14. The van der Waals surface area contributed by atoms with E-state index in [1.165, 1.54) is 0 Å². The number of methoxy groups -OCH3 is 1. The maximum atomic E-state index is 6.02. The van der Waals surface area contributed by atoms with Crippen LogP contribution in [0.15, 0.2) is 0 Å². The van der Waals surface area contributed by atoms with E-state index in [1.807, 2.05) is 0 Å². The Morgan fingerprint density at radius 3 is 2.73 bits per heavy atom. The lowest BCUT2D eigenvalue weighted by atomic mass is 10.3. The fourth-order valence-corrected chi connectivity index (χ4v) is 2.06. The number of aryl methyl sites for hydroxylation is 2. The molecule has 84 valence electrons. The summed E-state index contributed by atoms with van der Waals surface area (Å²) in [7, 11) is 1.69. The van der Waals surface area contributed by atoms with Gasteiger partial charge in [-0.2, -0.15) is 0 Å². The summed E-state index contributed by atoms with van der Waals surface area (Å²) in [4.78, 5) is 8.71. The van der Waals surface area contributed by atoms with Gasteiger partial charge in [0.25, 0.3) is 0 Å². The Bertz CT molecular complexity index is 333. The number of aromatic nitrogens is 2. The second-order valence-corrected chi connectivity index (χ2v) is 4.58. The summed E-state index contributed by atoms with van der Waals surface area (Å²) in [5.74, 6) is 0.814. The predicted octanol–water partition coefficient (Wildman–Crippen LogP) is 2.88. The molecule has 0 radical (unpaired) electrons. The fraction of sp³-hybridized carbons (Fsp3) is 0.600. The molecule has 0 aliphatic carbocycles. The fourth-order valence-electron chi connectivity index (χ4n) is 1.23. The third-order valence-corrected chi connectivity index (χ3v) is 3.74. The number of ether oxygens (including phenoxy) is 1. The van der Waals surface area contributed by atoms with Crippen LogP contribution in [-0.2, 0) is 17.6 Å². The van der Waals surface area contributed by atoms with Crippen molar-refractivity contribution in [2.75, 3.05) is 13.7 Å². The van der Waals surface area contributed by atoms with Gasteiger partial charge in [0.1, 0.15) is 11.0 Å². The van der Waals surface area contributed by atoms with Crippen molar-refractivity contribution in [1.29, 1.82) is 0 Å². The van der Waals surface area contributed by atoms with Crippen LogP contribution in [-0.4, -0.2) is 23.7 Å². The van der Waals surface area contributed by atoms with E-state index in [-0.39, 0.29) is 0 Å². The van der Waals surface area contributed by atoms with Crippen LogP contribution in [0, 0.1) is 3.57 Å². The van der Waals surface area contributed by atoms with E-state index in [0.29, 0.717) is 5.15 Å². The van der Waals surface area contributed by atoms with E-state index >= 15 is 0 Å². The van der Waals surface area contributed by atoms with Gasteiger partial charge >= 0.3 is 0 Å². The molecule has 1 heterocycles. The molecule has 1 rings (SSSR count). The van der Waals surface area contributed by atoms with E-state index in [1.54, 1.807) is 7.11 Å². The average Bonchev–Trinajstić information content (AvgIpc) is 2.23. The van der Waals surface area contributed by atoms with E-state index in [2.05, 4.69) is 39.5 Å². The summed E-state index contributed by atoms with van der Waals surface area (Å²) in [6.07, 6.45) is 2.63. The average molecular weight is 341 g/mol. The molecule has 0 N–H and O–H groups in total. The van der Waals surface area contributed by atoms with Gasteiger partial charge in [-0.15, -0.1) is 0 Å². The molecule has 15 heavy (non-hydrogen) atoms. The van der Waals surface area contributed by atoms with E-state index in [9.17, 15) is 0 Å². The molecular weight excluding hydrogens is 326 g/mol. The maximum Gasteiger partial charge on any atom is 0.146 e. The predicted molar refractivity (Wildman–Crippen MR) is 69.3 cm³/mol. The minimum Gasteiger partial charge on any atom is -0.385 e. The molecule has 0 aliphatic rings. The largest absolute Gasteiger partial charge is 0.385 e. The Labute approximate surface area is 109 Å². The van der Waals surface area contributed by atoms with Crippen LogP contribution in [0.1, 0.15) is 24.9 Å². The summed E-state index contributed by atoms with van der Waals surface area (Å²) >= 11 is 8.21. The first-order chi connectivity index (χ1) is 7.19. The van der Waals surface area contributed by atoms with Gasteiger partial charge in [-0.25, -0.2) is 9.97 Å². The maximum absolute atomic E-state index is 6.02. The van der Waals surface area contributed by atoms with Crippen molar-refractivity contribution >= 4 is 34.2 Å². The van der Waals surface area contributed by atoms with Gasteiger partial charge in [0.2, 0.25) is 0 Å². The van der Waals surface area contributed by atoms with Crippen LogP contribution < -0.4 is 0 Å². The lowest BCUT2D eigenvalue weighted by Crippen LogP contribution is -2.04. The molecule has 0 saturated carbocycles. The van der Waals surface area contributed by atoms with Crippen LogP contribution in [0.2, 0.25) is 5.15 Å². The lowest BCUT2D eigenvalue weighted by Gasteiger charge is -2.06. The Balaban J connectivity index is 2.77. The minimum atomic E-state index is 0.565. The summed E-state index contributed by atoms with van der Waals surface area (Å²) in [5.41, 5.74) is 1.03. The molecule has 0 amide bonds. The van der Waals surface area contributed by atoms with Gasteiger partial charge < -0.3 is 4.74 Å². The van der Waals surface area contributed by atoms with Crippen molar-refractivity contribution in [3.8, 4) is 0 Å². The summed E-state index contributed by atoms with van der Waals surface area (Å²) < 4.78 is 5.95. The molecule has 0 bridgehead atoms. The zero-order valence-electron chi connectivity index (χ0n) is 8.89. The molecule has 3 nitrogen and oxygen atoms in total. The summed E-state index contributed by atoms with van der Waals surface area (Å²) in [6, 6.07) is 0.